The zero-order valence-corrected chi connectivity index (χ0v) is 19.0. The van der Waals surface area contributed by atoms with Gasteiger partial charge in [-0.25, -0.2) is 0 Å². The molecule has 0 amide bonds. The van der Waals surface area contributed by atoms with Crippen LogP contribution in [0.15, 0.2) is 22.7 Å². The summed E-state index contributed by atoms with van der Waals surface area (Å²) in [6, 6.07) is 6.22. The molecule has 4 rings (SSSR count). The van der Waals surface area contributed by atoms with Gasteiger partial charge < -0.3 is 20.5 Å². The Kier molecular flexibility index (Phi) is 7.02. The molecule has 1 aliphatic carbocycles. The Balaban J connectivity index is 1.74. The number of anilines is 1. The number of rotatable bonds is 7. The zero-order chi connectivity index (χ0) is 22.7. The topological polar surface area (TPSA) is 75.0 Å². The van der Waals surface area contributed by atoms with E-state index in [9.17, 15) is 13.2 Å². The van der Waals surface area contributed by atoms with Crippen molar-refractivity contribution in [3.8, 4) is 10.7 Å². The van der Waals surface area contributed by atoms with Gasteiger partial charge in [0, 0.05) is 12.1 Å². The molecule has 0 saturated heterocycles. The van der Waals surface area contributed by atoms with Crippen LogP contribution in [0.2, 0.25) is 0 Å². The van der Waals surface area contributed by atoms with Crippen LogP contribution in [0.5, 0.6) is 0 Å². The van der Waals surface area contributed by atoms with E-state index in [1.54, 1.807) is 13.1 Å². The Hall–Kier alpha value is -2.17. The lowest BCUT2D eigenvalue weighted by Crippen LogP contribution is -2.31. The van der Waals surface area contributed by atoms with Crippen LogP contribution >= 0.6 is 11.3 Å². The highest BCUT2D eigenvalue weighted by Crippen LogP contribution is 2.43. The van der Waals surface area contributed by atoms with Crippen molar-refractivity contribution in [2.75, 3.05) is 19.4 Å². The van der Waals surface area contributed by atoms with Crippen LogP contribution in [0.4, 0.5) is 18.9 Å². The Labute approximate surface area is 189 Å². The molecule has 3 aromatic rings. The minimum absolute atomic E-state index is 0.200. The molecule has 1 aliphatic rings. The van der Waals surface area contributed by atoms with Gasteiger partial charge >= 0.3 is 6.18 Å². The van der Waals surface area contributed by atoms with E-state index in [0.717, 1.165) is 36.1 Å². The number of nitrogens with zero attached hydrogens (tertiary/aromatic N) is 2. The highest BCUT2D eigenvalue weighted by atomic mass is 32.1. The largest absolute Gasteiger partial charge is 0.393 e. The van der Waals surface area contributed by atoms with Crippen molar-refractivity contribution in [1.29, 1.82) is 0 Å². The molecule has 32 heavy (non-hydrogen) atoms. The van der Waals surface area contributed by atoms with Gasteiger partial charge in [-0.1, -0.05) is 30.1 Å². The Morgan fingerprint density at radius 1 is 1.16 bits per heavy atom. The van der Waals surface area contributed by atoms with Gasteiger partial charge in [-0.15, -0.1) is 11.3 Å². The third kappa shape index (κ3) is 5.24. The lowest BCUT2D eigenvalue weighted by atomic mass is 10.0. The summed E-state index contributed by atoms with van der Waals surface area (Å²) in [5, 5.41) is 14.5. The molecule has 2 atom stereocenters. The fraction of sp³-hybridized carbons (Fsp3) is 0.545. The van der Waals surface area contributed by atoms with Crippen LogP contribution in [0.1, 0.15) is 43.6 Å². The molecule has 1 fully saturated rings. The molecule has 1 aromatic carbocycles. The normalized spacial score (nSPS) is 19.9. The summed E-state index contributed by atoms with van der Waals surface area (Å²) in [7, 11) is 3.72. The number of alkyl halides is 3. The fourth-order valence-electron chi connectivity index (χ4n) is 4.38. The predicted molar refractivity (Wildman–Crippen MR) is 121 cm³/mol. The fourth-order valence-corrected chi connectivity index (χ4v) is 5.61. The van der Waals surface area contributed by atoms with E-state index in [-0.39, 0.29) is 17.4 Å². The van der Waals surface area contributed by atoms with E-state index in [4.69, 9.17) is 4.52 Å². The van der Waals surface area contributed by atoms with Crippen LogP contribution < -0.4 is 16.0 Å². The van der Waals surface area contributed by atoms with Crippen LogP contribution in [0.3, 0.4) is 0 Å². The molecule has 0 spiro atoms. The lowest BCUT2D eigenvalue weighted by molar-refractivity contribution is -0.126. The molecule has 0 aliphatic heterocycles. The maximum absolute atomic E-state index is 13.5. The van der Waals surface area contributed by atoms with Crippen molar-refractivity contribution in [3.63, 3.8) is 0 Å². The molecule has 2 heterocycles. The Morgan fingerprint density at radius 3 is 2.66 bits per heavy atom. The van der Waals surface area contributed by atoms with E-state index < -0.39 is 12.6 Å². The number of hydrogen-bond acceptors (Lipinski definition) is 7. The first-order valence-electron chi connectivity index (χ1n) is 10.9. The molecular weight excluding hydrogens is 439 g/mol. The second-order valence-electron chi connectivity index (χ2n) is 8.27. The monoisotopic (exact) mass is 467 g/mol. The van der Waals surface area contributed by atoms with E-state index in [0.29, 0.717) is 28.7 Å². The zero-order valence-electron chi connectivity index (χ0n) is 18.2. The quantitative estimate of drug-likeness (QED) is 0.420. The number of hydrogen-bond donors (Lipinski definition) is 3. The lowest BCUT2D eigenvalue weighted by Gasteiger charge is -2.22. The maximum atomic E-state index is 13.5. The molecule has 2 unspecified atom stereocenters. The summed E-state index contributed by atoms with van der Waals surface area (Å²) in [5.74, 6) is 0.541. The van der Waals surface area contributed by atoms with Crippen LogP contribution in [0, 0.1) is 0 Å². The number of thiophene rings is 1. The molecule has 10 heteroatoms. The van der Waals surface area contributed by atoms with Crippen molar-refractivity contribution in [2.45, 2.75) is 63.3 Å². The average molecular weight is 468 g/mol. The molecule has 6 nitrogen and oxygen atoms in total. The summed E-state index contributed by atoms with van der Waals surface area (Å²) in [6.07, 6.45) is 0.110. The van der Waals surface area contributed by atoms with Gasteiger partial charge in [0.2, 0.25) is 11.7 Å². The number of aromatic nitrogens is 2. The van der Waals surface area contributed by atoms with Gasteiger partial charge in [0.15, 0.2) is 0 Å². The average Bonchev–Trinajstić information content (AvgIpc) is 3.27. The summed E-state index contributed by atoms with van der Waals surface area (Å²) < 4.78 is 46.4. The highest BCUT2D eigenvalue weighted by molar-refractivity contribution is 7.23. The minimum Gasteiger partial charge on any atom is -0.381 e. The van der Waals surface area contributed by atoms with Gasteiger partial charge in [-0.3, -0.25) is 0 Å². The van der Waals surface area contributed by atoms with Gasteiger partial charge in [0.1, 0.15) is 0 Å². The van der Waals surface area contributed by atoms with Crippen LogP contribution in [0.25, 0.3) is 20.8 Å². The predicted octanol–water partition coefficient (Wildman–Crippen LogP) is 5.11. The second-order valence-corrected chi connectivity index (χ2v) is 9.29. The third-order valence-electron chi connectivity index (χ3n) is 5.89. The van der Waals surface area contributed by atoms with Crippen molar-refractivity contribution in [2.24, 2.45) is 0 Å². The number of nitrogens with one attached hydrogen (secondary N) is 3. The van der Waals surface area contributed by atoms with Gasteiger partial charge in [-0.2, -0.15) is 18.2 Å². The summed E-state index contributed by atoms with van der Waals surface area (Å²) >= 11 is 1.29. The number of halogens is 3. The van der Waals surface area contributed by atoms with E-state index in [1.165, 1.54) is 17.8 Å². The van der Waals surface area contributed by atoms with Crippen molar-refractivity contribution >= 4 is 27.1 Å². The van der Waals surface area contributed by atoms with Crippen molar-refractivity contribution in [1.82, 2.24) is 20.8 Å². The summed E-state index contributed by atoms with van der Waals surface area (Å²) in [4.78, 5) is 4.72. The van der Waals surface area contributed by atoms with E-state index >= 15 is 0 Å². The van der Waals surface area contributed by atoms with Gasteiger partial charge in [-0.05, 0) is 50.4 Å². The SMILES string of the molecule is CNCc1nc(-c2sc3c(NC4CCCCC(NC)C4)cccc3c2CC(F)(F)F)no1. The molecule has 0 radical (unpaired) electrons. The van der Waals surface area contributed by atoms with Gasteiger partial charge in [0.25, 0.3) is 0 Å². The smallest absolute Gasteiger partial charge is 0.381 e. The van der Waals surface area contributed by atoms with Crippen LogP contribution in [-0.2, 0) is 13.0 Å². The number of benzene rings is 1. The maximum Gasteiger partial charge on any atom is 0.393 e. The van der Waals surface area contributed by atoms with Crippen molar-refractivity contribution < 1.29 is 17.7 Å². The minimum atomic E-state index is -4.34. The van der Waals surface area contributed by atoms with E-state index in [2.05, 4.69) is 26.1 Å². The second kappa shape index (κ2) is 9.76. The molecule has 1 saturated carbocycles. The third-order valence-corrected chi connectivity index (χ3v) is 7.16. The standard InChI is InChI=1S/C22H28F3N5OS/c1-26-12-18-29-21(30-31-18)20-16(11-22(23,24)25)15-8-5-9-17(19(15)32-20)28-14-7-4-3-6-13(10-14)27-2/h5,8-9,13-14,26-28H,3-4,6-7,10-12H2,1-2H3. The van der Waals surface area contributed by atoms with Gasteiger partial charge in [0.05, 0.1) is 28.2 Å². The number of fused-ring (bicyclic) bond motifs is 1. The first-order chi connectivity index (χ1) is 15.4. The molecule has 0 bridgehead atoms. The first-order valence-corrected chi connectivity index (χ1v) is 11.7. The molecule has 174 valence electrons. The Morgan fingerprint density at radius 2 is 1.94 bits per heavy atom. The summed E-state index contributed by atoms with van der Waals surface area (Å²) in [5.41, 5.74) is 1.06. The van der Waals surface area contributed by atoms with Crippen molar-refractivity contribution in [3.05, 3.63) is 29.7 Å². The molecular formula is C22H28F3N5OS. The van der Waals surface area contributed by atoms with Crippen LogP contribution in [-0.4, -0.2) is 42.5 Å². The highest BCUT2D eigenvalue weighted by Gasteiger charge is 2.33. The molecule has 2 aromatic heterocycles. The van der Waals surface area contributed by atoms with E-state index in [1.807, 2.05) is 19.2 Å². The first kappa shape index (κ1) is 23.0. The Bertz CT molecular complexity index is 1050. The molecule has 3 N–H and O–H groups in total. The summed E-state index contributed by atoms with van der Waals surface area (Å²) in [6.45, 7) is 0.355.